The van der Waals surface area contributed by atoms with E-state index in [-0.39, 0.29) is 5.33 Å². The fourth-order valence-corrected chi connectivity index (χ4v) is 1.22. The van der Waals surface area contributed by atoms with Crippen LogP contribution in [0.2, 0.25) is 0 Å². The molecule has 5 heteroatoms. The molecule has 0 fully saturated rings. The van der Waals surface area contributed by atoms with Gasteiger partial charge in [-0.1, -0.05) is 35.8 Å². The zero-order valence-corrected chi connectivity index (χ0v) is 9.91. The van der Waals surface area contributed by atoms with Gasteiger partial charge in [0, 0.05) is 5.33 Å². The van der Waals surface area contributed by atoms with Crippen LogP contribution in [-0.4, -0.2) is 0 Å². The van der Waals surface area contributed by atoms with Crippen LogP contribution in [0.3, 0.4) is 0 Å². The molecule has 0 amide bonds. The van der Waals surface area contributed by atoms with Gasteiger partial charge < -0.3 is 0 Å². The highest BCUT2D eigenvalue weighted by atomic mass is 79.9. The Hall–Kier alpha value is -0.580. The molecule has 0 aromatic heterocycles. The lowest BCUT2D eigenvalue weighted by atomic mass is 10.1. The van der Waals surface area contributed by atoms with Crippen LogP contribution in [-0.2, 0) is 11.5 Å². The number of halogens is 5. The van der Waals surface area contributed by atoms with E-state index in [2.05, 4.69) is 15.9 Å². The lowest BCUT2D eigenvalue weighted by Gasteiger charge is -2.08. The molecule has 0 atom stereocenters. The summed E-state index contributed by atoms with van der Waals surface area (Å²) < 4.78 is 49.0. The molecule has 0 heterocycles. The summed E-state index contributed by atoms with van der Waals surface area (Å²) in [5.74, 6) is -1.24. The smallest absolute Gasteiger partial charge is 0.206 e. The Labute approximate surface area is 94.4 Å². The number of hydrogen-bond acceptors (Lipinski definition) is 0. The molecule has 0 spiro atoms. The van der Waals surface area contributed by atoms with Crippen molar-refractivity contribution in [2.75, 3.05) is 0 Å². The van der Waals surface area contributed by atoms with Gasteiger partial charge in [-0.3, -0.25) is 0 Å². The summed E-state index contributed by atoms with van der Waals surface area (Å²) in [6.07, 6.45) is -4.62. The van der Waals surface area contributed by atoms with Crippen LogP contribution in [0.15, 0.2) is 18.2 Å². The molecule has 0 aliphatic heterocycles. The first-order valence-electron chi connectivity index (χ1n) is 4.36. The lowest BCUT2D eigenvalue weighted by Crippen LogP contribution is -2.08. The third-order valence-corrected chi connectivity index (χ3v) is 2.14. The predicted octanol–water partition coefficient (Wildman–Crippen LogP) is 4.77. The average Bonchev–Trinajstić information content (AvgIpc) is 2.20. The van der Waals surface area contributed by atoms with Crippen LogP contribution < -0.4 is 0 Å². The molecule has 1 aromatic rings. The van der Waals surface area contributed by atoms with Crippen LogP contribution >= 0.6 is 15.9 Å². The first-order chi connectivity index (χ1) is 6.95. The van der Waals surface area contributed by atoms with Gasteiger partial charge in [-0.05, 0) is 17.7 Å². The van der Waals surface area contributed by atoms with Crippen molar-refractivity contribution in [2.45, 2.75) is 25.4 Å². The van der Waals surface area contributed by atoms with Gasteiger partial charge in [0.15, 0.2) is 0 Å². The quantitative estimate of drug-likeness (QED) is 0.515. The molecule has 0 N–H and O–H groups in total. The summed E-state index contributed by atoms with van der Waals surface area (Å²) in [7, 11) is 0. The van der Waals surface area contributed by atoms with Gasteiger partial charge in [-0.15, -0.1) is 0 Å². The highest BCUT2D eigenvalue weighted by Crippen LogP contribution is 2.32. The van der Waals surface area contributed by atoms with Gasteiger partial charge in [-0.25, -0.2) is 4.39 Å². The van der Waals surface area contributed by atoms with Gasteiger partial charge in [0.05, 0.1) is 5.56 Å². The van der Waals surface area contributed by atoms with Gasteiger partial charge in [0.25, 0.3) is 0 Å². The largest absolute Gasteiger partial charge is 0.419 e. The van der Waals surface area contributed by atoms with Crippen LogP contribution in [0.4, 0.5) is 17.6 Å². The van der Waals surface area contributed by atoms with E-state index in [4.69, 9.17) is 0 Å². The first kappa shape index (κ1) is 14.4. The summed E-state index contributed by atoms with van der Waals surface area (Å²) in [5.41, 5.74) is -0.821. The Morgan fingerprint density at radius 3 is 2.13 bits per heavy atom. The van der Waals surface area contributed by atoms with Gasteiger partial charge >= 0.3 is 6.18 Å². The Kier molecular flexibility index (Phi) is 5.87. The van der Waals surface area contributed by atoms with E-state index in [1.165, 1.54) is 6.07 Å². The summed E-state index contributed by atoms with van der Waals surface area (Å²) in [4.78, 5) is 0. The number of alkyl halides is 4. The lowest BCUT2D eigenvalue weighted by molar-refractivity contribution is -0.140. The van der Waals surface area contributed by atoms with Gasteiger partial charge in [-0.2, -0.15) is 13.2 Å². The maximum atomic E-state index is 12.7. The summed E-state index contributed by atoms with van der Waals surface area (Å²) in [6, 6.07) is 2.92. The molecule has 1 aromatic carbocycles. The second-order valence-electron chi connectivity index (χ2n) is 2.45. The second-order valence-corrected chi connectivity index (χ2v) is 3.01. The zero-order valence-electron chi connectivity index (χ0n) is 8.33. The van der Waals surface area contributed by atoms with Crippen LogP contribution in [0.5, 0.6) is 0 Å². The SMILES string of the molecule is CC.Fc1ccc(CBr)cc1C(F)(F)F. The molecule has 86 valence electrons. The predicted molar refractivity (Wildman–Crippen MR) is 55.4 cm³/mol. The minimum atomic E-state index is -4.62. The van der Waals surface area contributed by atoms with Crippen LogP contribution in [0, 0.1) is 5.82 Å². The van der Waals surface area contributed by atoms with Crippen molar-refractivity contribution >= 4 is 15.9 Å². The number of rotatable bonds is 1. The van der Waals surface area contributed by atoms with Crippen molar-refractivity contribution in [3.05, 3.63) is 35.1 Å². The second kappa shape index (κ2) is 6.10. The zero-order chi connectivity index (χ0) is 12.1. The Morgan fingerprint density at radius 1 is 1.20 bits per heavy atom. The third-order valence-electron chi connectivity index (χ3n) is 1.49. The number of hydrogen-bond donors (Lipinski definition) is 0. The highest BCUT2D eigenvalue weighted by molar-refractivity contribution is 9.08. The highest BCUT2D eigenvalue weighted by Gasteiger charge is 2.33. The minimum absolute atomic E-state index is 0.274. The molecule has 0 saturated heterocycles. The fourth-order valence-electron chi connectivity index (χ4n) is 0.873. The van der Waals surface area contributed by atoms with E-state index >= 15 is 0 Å². The first-order valence-corrected chi connectivity index (χ1v) is 5.49. The van der Waals surface area contributed by atoms with E-state index in [0.29, 0.717) is 5.56 Å². The summed E-state index contributed by atoms with van der Waals surface area (Å²) in [6.45, 7) is 4.00. The topological polar surface area (TPSA) is 0 Å². The average molecular weight is 287 g/mol. The molecule has 0 nitrogen and oxygen atoms in total. The van der Waals surface area contributed by atoms with Crippen molar-refractivity contribution in [2.24, 2.45) is 0 Å². The van der Waals surface area contributed by atoms with E-state index in [1.54, 1.807) is 0 Å². The van der Waals surface area contributed by atoms with Crippen LogP contribution in [0.1, 0.15) is 25.0 Å². The fraction of sp³-hybridized carbons (Fsp3) is 0.400. The summed E-state index contributed by atoms with van der Waals surface area (Å²) >= 11 is 2.99. The minimum Gasteiger partial charge on any atom is -0.206 e. The molecular formula is C10H11BrF4. The van der Waals surface area contributed by atoms with E-state index in [9.17, 15) is 17.6 Å². The Bertz CT molecular complexity index is 307. The molecule has 1 rings (SSSR count). The number of benzene rings is 1. The normalized spacial score (nSPS) is 10.6. The van der Waals surface area contributed by atoms with Crippen molar-refractivity contribution in [1.82, 2.24) is 0 Å². The maximum Gasteiger partial charge on any atom is 0.419 e. The molecule has 0 aliphatic carbocycles. The van der Waals surface area contributed by atoms with Gasteiger partial charge in [0.2, 0.25) is 0 Å². The molecule has 0 saturated carbocycles. The molecule has 0 radical (unpaired) electrons. The van der Waals surface area contributed by atoms with Gasteiger partial charge in [0.1, 0.15) is 5.82 Å². The van der Waals surface area contributed by atoms with Crippen LogP contribution in [0.25, 0.3) is 0 Å². The van der Waals surface area contributed by atoms with Crippen molar-refractivity contribution < 1.29 is 17.6 Å². The van der Waals surface area contributed by atoms with E-state index in [0.717, 1.165) is 12.1 Å². The van der Waals surface area contributed by atoms with Crippen molar-refractivity contribution in [3.63, 3.8) is 0 Å². The van der Waals surface area contributed by atoms with E-state index < -0.39 is 17.6 Å². The maximum absolute atomic E-state index is 12.7. The molecule has 0 aliphatic rings. The summed E-state index contributed by atoms with van der Waals surface area (Å²) in [5, 5.41) is 0.274. The third kappa shape index (κ3) is 4.20. The molecular weight excluding hydrogens is 276 g/mol. The van der Waals surface area contributed by atoms with Crippen molar-refractivity contribution in [1.29, 1.82) is 0 Å². The van der Waals surface area contributed by atoms with E-state index in [1.807, 2.05) is 13.8 Å². The standard InChI is InChI=1S/C8H5BrF4.C2H6/c9-4-5-1-2-7(10)6(3-5)8(11,12)13;1-2/h1-3H,4H2;1-2H3. The molecule has 0 bridgehead atoms. The molecule has 0 unspecified atom stereocenters. The Morgan fingerprint density at radius 2 is 1.73 bits per heavy atom. The van der Waals surface area contributed by atoms with Crippen molar-refractivity contribution in [3.8, 4) is 0 Å². The molecule has 15 heavy (non-hydrogen) atoms. The Balaban J connectivity index is 0.000000921. The monoisotopic (exact) mass is 286 g/mol.